The van der Waals surface area contributed by atoms with E-state index in [1.54, 1.807) is 0 Å². The Labute approximate surface area is 385 Å². The normalized spacial score (nSPS) is 13.3. The number of anilines is 3. The summed E-state index contributed by atoms with van der Waals surface area (Å²) in [6, 6.07) is 86.6. The van der Waals surface area contributed by atoms with E-state index in [4.69, 9.17) is 0 Å². The van der Waals surface area contributed by atoms with Gasteiger partial charge in [-0.25, -0.2) is 0 Å². The number of hydrogen-bond acceptors (Lipinski definition) is 2. The van der Waals surface area contributed by atoms with Crippen molar-refractivity contribution in [3.63, 3.8) is 0 Å². The van der Waals surface area contributed by atoms with Crippen molar-refractivity contribution in [2.45, 2.75) is 5.41 Å². The lowest BCUT2D eigenvalue weighted by Crippen LogP contribution is -2.31. The first-order valence-electron chi connectivity index (χ1n) is 22.8. The van der Waals surface area contributed by atoms with Gasteiger partial charge in [-0.1, -0.05) is 176 Å². The summed E-state index contributed by atoms with van der Waals surface area (Å²) in [4.78, 5) is 2.53. The van der Waals surface area contributed by atoms with Crippen molar-refractivity contribution in [1.82, 2.24) is 4.57 Å². The summed E-state index contributed by atoms with van der Waals surface area (Å²) in [6.45, 7) is 0. The number of nitrogens with zero attached hydrogens (tertiary/aromatic N) is 2. The Morgan fingerprint density at radius 1 is 0.348 bits per heavy atom. The predicted octanol–water partition coefficient (Wildman–Crippen LogP) is 17.3. The van der Waals surface area contributed by atoms with E-state index in [0.29, 0.717) is 0 Å². The molecular formula is C63H38N2S. The molecule has 0 N–H and O–H groups in total. The van der Waals surface area contributed by atoms with E-state index in [2.05, 4.69) is 240 Å². The fourth-order valence-electron chi connectivity index (χ4n) is 12.2. The molecule has 0 bridgehead atoms. The van der Waals surface area contributed by atoms with Gasteiger partial charge in [0.25, 0.3) is 0 Å². The quantitative estimate of drug-likeness (QED) is 0.171. The lowest BCUT2D eigenvalue weighted by molar-refractivity contribution is 0.773. The Hall–Kier alpha value is -8.24. The van der Waals surface area contributed by atoms with Gasteiger partial charge in [0.05, 0.1) is 27.8 Å². The maximum atomic E-state index is 2.53. The Balaban J connectivity index is 1.04. The fourth-order valence-corrected chi connectivity index (χ4v) is 13.3. The molecule has 2 nitrogen and oxygen atoms in total. The number of para-hydroxylation sites is 1. The molecule has 2 heterocycles. The molecule has 1 spiro atoms. The minimum atomic E-state index is -0.478. The molecule has 0 saturated carbocycles. The first-order valence-corrected chi connectivity index (χ1v) is 23.7. The second-order valence-electron chi connectivity index (χ2n) is 17.9. The van der Waals surface area contributed by atoms with Gasteiger partial charge in [-0.3, -0.25) is 0 Å². The zero-order chi connectivity index (χ0) is 43.1. The Morgan fingerprint density at radius 2 is 0.924 bits per heavy atom. The number of hydrogen-bond donors (Lipinski definition) is 0. The molecule has 3 heteroatoms. The van der Waals surface area contributed by atoms with Gasteiger partial charge in [0.1, 0.15) is 0 Å². The summed E-state index contributed by atoms with van der Waals surface area (Å²) >= 11 is 1.87. The number of benzene rings is 11. The maximum Gasteiger partial charge on any atom is 0.0725 e. The zero-order valence-electron chi connectivity index (χ0n) is 35.7. The van der Waals surface area contributed by atoms with Crippen LogP contribution in [-0.4, -0.2) is 4.57 Å². The lowest BCUT2D eigenvalue weighted by atomic mass is 9.61. The van der Waals surface area contributed by atoms with Gasteiger partial charge in [0, 0.05) is 53.1 Å². The third-order valence-electron chi connectivity index (χ3n) is 14.8. The molecule has 0 radical (unpaired) electrons. The van der Waals surface area contributed by atoms with Crippen LogP contribution in [0.3, 0.4) is 0 Å². The van der Waals surface area contributed by atoms with Crippen LogP contribution in [0.25, 0.3) is 91.5 Å². The highest BCUT2D eigenvalue weighted by molar-refractivity contribution is 7.25. The second-order valence-corrected chi connectivity index (χ2v) is 19.0. The van der Waals surface area contributed by atoms with E-state index in [-0.39, 0.29) is 0 Å². The summed E-state index contributed by atoms with van der Waals surface area (Å²) in [5, 5.41) is 10.0. The van der Waals surface area contributed by atoms with Crippen molar-refractivity contribution in [2.24, 2.45) is 0 Å². The van der Waals surface area contributed by atoms with Crippen molar-refractivity contribution < 1.29 is 0 Å². The molecule has 11 aromatic carbocycles. The number of aromatic nitrogens is 1. The summed E-state index contributed by atoms with van der Waals surface area (Å²) in [7, 11) is 0. The standard InChI is InChI=1S/C63H38N2S/c1-2-17-42-39(15-1)16-13-29-56(42)64(41-31-33-47-46-21-6-11-28-57(46)65(59(47)38-41)40-32-36-61-51(37-40)48-22-7-12-30-60(48)66-61)58-35-34-49-45-20-5-10-26-54(45)63(55-27-14-23-50(58)62(49)55)52-24-8-3-18-43(52)44-19-4-9-25-53(44)63/h1-38H. The smallest absolute Gasteiger partial charge is 0.0725 e. The summed E-state index contributed by atoms with van der Waals surface area (Å²) in [5.74, 6) is 0. The van der Waals surface area contributed by atoms with Crippen LogP contribution in [0, 0.1) is 0 Å². The molecule has 0 fully saturated rings. The van der Waals surface area contributed by atoms with Crippen LogP contribution in [0.5, 0.6) is 0 Å². The molecule has 2 aromatic heterocycles. The minimum Gasteiger partial charge on any atom is -0.309 e. The van der Waals surface area contributed by atoms with Crippen LogP contribution in [0.2, 0.25) is 0 Å². The molecule has 13 aromatic rings. The van der Waals surface area contributed by atoms with Crippen LogP contribution in [-0.2, 0) is 5.41 Å². The maximum absolute atomic E-state index is 2.53. The Morgan fingerprint density at radius 3 is 1.73 bits per heavy atom. The van der Waals surface area contributed by atoms with E-state index >= 15 is 0 Å². The summed E-state index contributed by atoms with van der Waals surface area (Å²) < 4.78 is 5.10. The second kappa shape index (κ2) is 13.4. The number of fused-ring (bicyclic) bond motifs is 16. The Kier molecular flexibility index (Phi) is 7.34. The van der Waals surface area contributed by atoms with Crippen LogP contribution < -0.4 is 4.90 Å². The van der Waals surface area contributed by atoms with Crippen LogP contribution in [0.15, 0.2) is 231 Å². The van der Waals surface area contributed by atoms with Gasteiger partial charge >= 0.3 is 0 Å². The van der Waals surface area contributed by atoms with E-state index in [1.165, 1.54) is 108 Å². The highest BCUT2D eigenvalue weighted by atomic mass is 32.1. The average molecular weight is 855 g/mol. The van der Waals surface area contributed by atoms with Gasteiger partial charge in [0.2, 0.25) is 0 Å². The monoisotopic (exact) mass is 854 g/mol. The van der Waals surface area contributed by atoms with Crippen LogP contribution in [0.4, 0.5) is 17.1 Å². The third-order valence-corrected chi connectivity index (χ3v) is 15.9. The van der Waals surface area contributed by atoms with Gasteiger partial charge in [-0.2, -0.15) is 0 Å². The highest BCUT2D eigenvalue weighted by Crippen LogP contribution is 2.62. The van der Waals surface area contributed by atoms with Crippen LogP contribution >= 0.6 is 11.3 Å². The van der Waals surface area contributed by atoms with Crippen molar-refractivity contribution in [2.75, 3.05) is 4.90 Å². The fraction of sp³-hybridized carbons (Fsp3) is 0.0159. The summed E-state index contributed by atoms with van der Waals surface area (Å²) in [5.41, 5.74) is 17.0. The molecule has 66 heavy (non-hydrogen) atoms. The van der Waals surface area contributed by atoms with Gasteiger partial charge in [-0.15, -0.1) is 11.3 Å². The lowest BCUT2D eigenvalue weighted by Gasteiger charge is -2.40. The van der Waals surface area contributed by atoms with Crippen molar-refractivity contribution in [3.8, 4) is 27.9 Å². The highest BCUT2D eigenvalue weighted by Gasteiger charge is 2.50. The Bertz CT molecular complexity index is 4150. The van der Waals surface area contributed by atoms with Gasteiger partial charge < -0.3 is 9.47 Å². The van der Waals surface area contributed by atoms with E-state index in [9.17, 15) is 0 Å². The van der Waals surface area contributed by atoms with Crippen LogP contribution in [0.1, 0.15) is 22.3 Å². The number of thiophene rings is 1. The summed E-state index contributed by atoms with van der Waals surface area (Å²) in [6.07, 6.45) is 0. The van der Waals surface area contributed by atoms with Crippen molar-refractivity contribution >= 4 is 91.9 Å². The molecule has 0 unspecified atom stereocenters. The zero-order valence-corrected chi connectivity index (χ0v) is 36.6. The number of rotatable bonds is 4. The molecule has 2 aliphatic carbocycles. The molecule has 306 valence electrons. The molecular weight excluding hydrogens is 817 g/mol. The molecule has 0 aliphatic heterocycles. The largest absolute Gasteiger partial charge is 0.309 e. The molecule has 0 saturated heterocycles. The van der Waals surface area contributed by atoms with Crippen molar-refractivity contribution in [3.05, 3.63) is 253 Å². The van der Waals surface area contributed by atoms with E-state index < -0.39 is 5.41 Å². The third kappa shape index (κ3) is 4.69. The van der Waals surface area contributed by atoms with E-state index in [1.807, 2.05) is 11.3 Å². The minimum absolute atomic E-state index is 0.478. The molecule has 0 atom stereocenters. The van der Waals surface area contributed by atoms with Crippen molar-refractivity contribution in [1.29, 1.82) is 0 Å². The first kappa shape index (κ1) is 36.1. The molecule has 0 amide bonds. The molecule has 15 rings (SSSR count). The first-order chi connectivity index (χ1) is 32.8. The van der Waals surface area contributed by atoms with Gasteiger partial charge in [0.15, 0.2) is 0 Å². The molecule has 2 aliphatic rings. The predicted molar refractivity (Wildman–Crippen MR) is 280 cm³/mol. The topological polar surface area (TPSA) is 8.17 Å². The van der Waals surface area contributed by atoms with Gasteiger partial charge in [-0.05, 0) is 110 Å². The van der Waals surface area contributed by atoms with E-state index in [0.717, 1.165) is 22.7 Å². The average Bonchev–Trinajstić information content (AvgIpc) is 4.02. The SMILES string of the molecule is c1ccc2c(c1)-c1ccccc1C21c2ccccc2-c2ccc(N(c3ccc4c5ccccc5n(-c5ccc6sc7ccccc7c6c5)c4c3)c3cccc4ccccc34)c3cccc1c23.